The molecular formula is C14H32N2O2S. The quantitative estimate of drug-likeness (QED) is 0.513. The lowest BCUT2D eigenvalue weighted by Crippen LogP contribution is -2.32. The Hall–Kier alpha value is -0.130. The monoisotopic (exact) mass is 292 g/mol. The Morgan fingerprint density at radius 1 is 1.00 bits per heavy atom. The van der Waals surface area contributed by atoms with Crippen LogP contribution < -0.4 is 10.0 Å². The summed E-state index contributed by atoms with van der Waals surface area (Å²) < 4.78 is 26.4. The molecule has 1 atom stereocenters. The highest BCUT2D eigenvalue weighted by atomic mass is 32.2. The summed E-state index contributed by atoms with van der Waals surface area (Å²) in [6.45, 7) is 8.74. The van der Waals surface area contributed by atoms with E-state index in [1.54, 1.807) is 0 Å². The molecule has 0 spiro atoms. The lowest BCUT2D eigenvalue weighted by Gasteiger charge is -2.15. The van der Waals surface area contributed by atoms with Crippen molar-refractivity contribution in [2.45, 2.75) is 59.3 Å². The molecule has 0 saturated carbocycles. The Kier molecular flexibility index (Phi) is 11.6. The Morgan fingerprint density at radius 2 is 1.74 bits per heavy atom. The van der Waals surface area contributed by atoms with Crippen LogP contribution >= 0.6 is 0 Å². The summed E-state index contributed by atoms with van der Waals surface area (Å²) in [4.78, 5) is 0. The molecule has 0 aliphatic heterocycles. The first kappa shape index (κ1) is 18.9. The molecule has 0 rings (SSSR count). The van der Waals surface area contributed by atoms with Crippen LogP contribution in [0.25, 0.3) is 0 Å². The van der Waals surface area contributed by atoms with Crippen LogP contribution in [0.5, 0.6) is 0 Å². The molecule has 0 amide bonds. The molecule has 4 nitrogen and oxygen atoms in total. The fourth-order valence-electron chi connectivity index (χ4n) is 1.95. The number of sulfonamides is 1. The van der Waals surface area contributed by atoms with E-state index in [4.69, 9.17) is 0 Å². The zero-order chi connectivity index (χ0) is 14.6. The van der Waals surface area contributed by atoms with Gasteiger partial charge in [-0.3, -0.25) is 0 Å². The van der Waals surface area contributed by atoms with Crippen molar-refractivity contribution in [2.75, 3.05) is 25.4 Å². The van der Waals surface area contributed by atoms with Crippen molar-refractivity contribution in [3.05, 3.63) is 0 Å². The van der Waals surface area contributed by atoms with Crippen LogP contribution in [-0.4, -0.2) is 33.8 Å². The lowest BCUT2D eigenvalue weighted by atomic mass is 10.00. The fourth-order valence-corrected chi connectivity index (χ4v) is 3.11. The van der Waals surface area contributed by atoms with E-state index < -0.39 is 10.0 Å². The molecule has 0 aromatic rings. The Labute approximate surface area is 119 Å². The van der Waals surface area contributed by atoms with Gasteiger partial charge < -0.3 is 5.32 Å². The van der Waals surface area contributed by atoms with E-state index in [9.17, 15) is 8.42 Å². The summed E-state index contributed by atoms with van der Waals surface area (Å²) in [6, 6.07) is 0. The molecular weight excluding hydrogens is 260 g/mol. The van der Waals surface area contributed by atoms with Gasteiger partial charge in [0.05, 0.1) is 5.75 Å². The fraction of sp³-hybridized carbons (Fsp3) is 1.00. The molecule has 5 heteroatoms. The van der Waals surface area contributed by atoms with Crippen molar-refractivity contribution in [1.29, 1.82) is 0 Å². The summed E-state index contributed by atoms with van der Waals surface area (Å²) in [5, 5.41) is 3.22. The van der Waals surface area contributed by atoms with Crippen molar-refractivity contribution in [3.63, 3.8) is 0 Å². The minimum atomic E-state index is -3.09. The van der Waals surface area contributed by atoms with E-state index in [1.165, 1.54) is 12.8 Å². The highest BCUT2D eigenvalue weighted by molar-refractivity contribution is 7.89. The summed E-state index contributed by atoms with van der Waals surface area (Å²) in [7, 11) is -3.09. The van der Waals surface area contributed by atoms with Crippen molar-refractivity contribution < 1.29 is 8.42 Å². The van der Waals surface area contributed by atoms with Crippen LogP contribution in [0.1, 0.15) is 59.3 Å². The van der Waals surface area contributed by atoms with Gasteiger partial charge in [0.1, 0.15) is 0 Å². The zero-order valence-electron chi connectivity index (χ0n) is 12.9. The van der Waals surface area contributed by atoms with Crippen LogP contribution in [-0.2, 0) is 10.0 Å². The van der Waals surface area contributed by atoms with Gasteiger partial charge in [0, 0.05) is 6.54 Å². The van der Waals surface area contributed by atoms with E-state index >= 15 is 0 Å². The molecule has 0 aliphatic rings. The number of unbranched alkanes of at least 4 members (excludes halogenated alkanes) is 1. The Morgan fingerprint density at radius 3 is 2.32 bits per heavy atom. The Balaban J connectivity index is 3.81. The van der Waals surface area contributed by atoms with Crippen LogP contribution in [0, 0.1) is 5.92 Å². The van der Waals surface area contributed by atoms with Gasteiger partial charge in [-0.15, -0.1) is 0 Å². The van der Waals surface area contributed by atoms with Gasteiger partial charge in [-0.2, -0.15) is 0 Å². The molecule has 19 heavy (non-hydrogen) atoms. The molecule has 0 saturated heterocycles. The standard InChI is InChI=1S/C14H32N2O2S/c1-4-7-9-14(6-3)13-16-19(17,18)12-8-11-15-10-5-2/h14-16H,4-13H2,1-3H3. The molecule has 0 heterocycles. The third kappa shape index (κ3) is 11.4. The van der Waals surface area contributed by atoms with Crippen molar-refractivity contribution >= 4 is 10.0 Å². The van der Waals surface area contributed by atoms with Gasteiger partial charge in [-0.1, -0.05) is 40.0 Å². The van der Waals surface area contributed by atoms with Gasteiger partial charge in [0.25, 0.3) is 0 Å². The normalized spacial score (nSPS) is 13.6. The summed E-state index contributed by atoms with van der Waals surface area (Å²) in [6.07, 6.45) is 6.28. The summed E-state index contributed by atoms with van der Waals surface area (Å²) in [5.74, 6) is 0.710. The molecule has 0 radical (unpaired) electrons. The minimum Gasteiger partial charge on any atom is -0.317 e. The van der Waals surface area contributed by atoms with Gasteiger partial charge in [-0.05, 0) is 38.3 Å². The van der Waals surface area contributed by atoms with E-state index in [0.717, 1.165) is 32.4 Å². The molecule has 0 aliphatic carbocycles. The smallest absolute Gasteiger partial charge is 0.211 e. The zero-order valence-corrected chi connectivity index (χ0v) is 13.7. The average Bonchev–Trinajstić information content (AvgIpc) is 2.38. The second-order valence-electron chi connectivity index (χ2n) is 5.19. The molecule has 0 fully saturated rings. The second kappa shape index (κ2) is 11.7. The SMILES string of the molecule is CCCCC(CC)CNS(=O)(=O)CCCNCCC. The predicted octanol–water partition coefficient (Wildman–Crippen LogP) is 2.51. The number of rotatable bonds is 13. The second-order valence-corrected chi connectivity index (χ2v) is 7.11. The third-order valence-corrected chi connectivity index (χ3v) is 4.76. The maximum atomic E-state index is 11.8. The van der Waals surface area contributed by atoms with Crippen LogP contribution in [0.3, 0.4) is 0 Å². The topological polar surface area (TPSA) is 58.2 Å². The Bertz CT molecular complexity index is 292. The van der Waals surface area contributed by atoms with Crippen LogP contribution in [0.4, 0.5) is 0 Å². The first-order chi connectivity index (χ1) is 9.05. The predicted molar refractivity (Wildman–Crippen MR) is 82.9 cm³/mol. The van der Waals surface area contributed by atoms with Crippen molar-refractivity contribution in [1.82, 2.24) is 10.0 Å². The maximum Gasteiger partial charge on any atom is 0.211 e. The van der Waals surface area contributed by atoms with Crippen LogP contribution in [0.2, 0.25) is 0 Å². The van der Waals surface area contributed by atoms with E-state index in [1.807, 2.05) is 0 Å². The first-order valence-corrected chi connectivity index (χ1v) is 9.39. The number of hydrogen-bond acceptors (Lipinski definition) is 3. The maximum absolute atomic E-state index is 11.8. The largest absolute Gasteiger partial charge is 0.317 e. The van der Waals surface area contributed by atoms with Gasteiger partial charge in [0.2, 0.25) is 10.0 Å². The van der Waals surface area contributed by atoms with Crippen LogP contribution in [0.15, 0.2) is 0 Å². The lowest BCUT2D eigenvalue weighted by molar-refractivity contribution is 0.443. The highest BCUT2D eigenvalue weighted by Crippen LogP contribution is 2.11. The molecule has 2 N–H and O–H groups in total. The van der Waals surface area contributed by atoms with Crippen molar-refractivity contribution in [3.8, 4) is 0 Å². The first-order valence-electron chi connectivity index (χ1n) is 7.73. The summed E-state index contributed by atoms with van der Waals surface area (Å²) in [5.41, 5.74) is 0. The molecule has 0 aromatic heterocycles. The summed E-state index contributed by atoms with van der Waals surface area (Å²) >= 11 is 0. The average molecular weight is 292 g/mol. The van der Waals surface area contributed by atoms with Crippen molar-refractivity contribution in [2.24, 2.45) is 5.92 Å². The van der Waals surface area contributed by atoms with Gasteiger partial charge >= 0.3 is 0 Å². The molecule has 1 unspecified atom stereocenters. The minimum absolute atomic E-state index is 0.230. The third-order valence-electron chi connectivity index (χ3n) is 3.33. The van der Waals surface area contributed by atoms with E-state index in [2.05, 4.69) is 30.8 Å². The van der Waals surface area contributed by atoms with Gasteiger partial charge in [0.15, 0.2) is 0 Å². The molecule has 116 valence electrons. The molecule has 0 aromatic carbocycles. The number of hydrogen-bond donors (Lipinski definition) is 2. The van der Waals surface area contributed by atoms with E-state index in [-0.39, 0.29) is 5.75 Å². The van der Waals surface area contributed by atoms with E-state index in [0.29, 0.717) is 18.9 Å². The molecule has 0 bridgehead atoms. The highest BCUT2D eigenvalue weighted by Gasteiger charge is 2.13. The van der Waals surface area contributed by atoms with Gasteiger partial charge in [-0.25, -0.2) is 13.1 Å². The number of nitrogens with one attached hydrogen (secondary N) is 2.